The van der Waals surface area contributed by atoms with Crippen molar-refractivity contribution in [2.45, 2.75) is 31.5 Å². The second kappa shape index (κ2) is 4.58. The van der Waals surface area contributed by atoms with Gasteiger partial charge in [-0.3, -0.25) is 0 Å². The fraction of sp³-hybridized carbons (Fsp3) is 0.778. The molecule has 0 aromatic heterocycles. The maximum Gasteiger partial charge on any atom is 0.104 e. The lowest BCUT2D eigenvalue weighted by molar-refractivity contribution is 0.0267. The molecule has 0 aromatic carbocycles. The number of hydrogen-bond donors (Lipinski definition) is 1. The van der Waals surface area contributed by atoms with E-state index in [0.29, 0.717) is 25.9 Å². The Kier molecular flexibility index (Phi) is 3.69. The predicted octanol–water partition coefficient (Wildman–Crippen LogP) is 1.44. The van der Waals surface area contributed by atoms with Gasteiger partial charge in [-0.25, -0.2) is 4.39 Å². The van der Waals surface area contributed by atoms with E-state index in [2.05, 4.69) is 6.58 Å². The summed E-state index contributed by atoms with van der Waals surface area (Å²) >= 11 is 0. The summed E-state index contributed by atoms with van der Waals surface area (Å²) in [6.45, 7) is 4.09. The first kappa shape index (κ1) is 9.68. The van der Waals surface area contributed by atoms with Gasteiger partial charge in [-0.2, -0.15) is 0 Å². The minimum Gasteiger partial charge on any atom is -0.394 e. The number of rotatable bonds is 3. The van der Waals surface area contributed by atoms with Gasteiger partial charge < -0.3 is 9.84 Å². The molecule has 1 rings (SSSR count). The highest BCUT2D eigenvalue weighted by molar-refractivity contribution is 5.07. The van der Waals surface area contributed by atoms with E-state index in [4.69, 9.17) is 9.84 Å². The van der Waals surface area contributed by atoms with E-state index >= 15 is 0 Å². The second-order valence-corrected chi connectivity index (χ2v) is 3.12. The topological polar surface area (TPSA) is 29.5 Å². The summed E-state index contributed by atoms with van der Waals surface area (Å²) in [5.74, 6) is 0. The van der Waals surface area contributed by atoms with Crippen LogP contribution in [0.3, 0.4) is 0 Å². The Labute approximate surface area is 72.0 Å². The van der Waals surface area contributed by atoms with E-state index < -0.39 is 6.17 Å². The molecule has 0 spiro atoms. The highest BCUT2D eigenvalue weighted by atomic mass is 19.1. The molecule has 3 heteroatoms. The molecule has 0 saturated heterocycles. The van der Waals surface area contributed by atoms with Gasteiger partial charge >= 0.3 is 0 Å². The van der Waals surface area contributed by atoms with Crippen molar-refractivity contribution in [3.05, 3.63) is 12.2 Å². The number of halogens is 1. The van der Waals surface area contributed by atoms with Crippen LogP contribution in [0.1, 0.15) is 19.3 Å². The van der Waals surface area contributed by atoms with Gasteiger partial charge in [0.25, 0.3) is 0 Å². The Morgan fingerprint density at radius 3 is 2.92 bits per heavy atom. The molecule has 70 valence electrons. The van der Waals surface area contributed by atoms with Crippen molar-refractivity contribution >= 4 is 0 Å². The molecule has 2 nitrogen and oxygen atoms in total. The first-order valence-electron chi connectivity index (χ1n) is 4.28. The molecule has 0 amide bonds. The molecule has 1 aliphatic rings. The Morgan fingerprint density at radius 1 is 1.58 bits per heavy atom. The van der Waals surface area contributed by atoms with Crippen LogP contribution in [-0.4, -0.2) is 30.6 Å². The summed E-state index contributed by atoms with van der Waals surface area (Å²) in [7, 11) is 0. The Balaban J connectivity index is 2.30. The number of alkyl halides is 1. The summed E-state index contributed by atoms with van der Waals surface area (Å²) in [6.07, 6.45) is 0.876. The molecular weight excluding hydrogens is 159 g/mol. The standard InChI is InChI=1S/C9H15FO2/c1-7-6-8(10)2-3-9(7)12-5-4-11/h8-9,11H,1-6H2. The zero-order chi connectivity index (χ0) is 8.97. The largest absolute Gasteiger partial charge is 0.394 e. The molecule has 0 bridgehead atoms. The molecular formula is C9H15FO2. The summed E-state index contributed by atoms with van der Waals surface area (Å²) in [5.41, 5.74) is 0.821. The Hall–Kier alpha value is -0.410. The third-order valence-corrected chi connectivity index (χ3v) is 2.09. The molecule has 2 atom stereocenters. The van der Waals surface area contributed by atoms with Crippen LogP contribution in [0.5, 0.6) is 0 Å². The normalized spacial score (nSPS) is 30.7. The van der Waals surface area contributed by atoms with Gasteiger partial charge in [0.15, 0.2) is 0 Å². The van der Waals surface area contributed by atoms with Gasteiger partial charge in [-0.05, 0) is 18.4 Å². The average molecular weight is 174 g/mol. The summed E-state index contributed by atoms with van der Waals surface area (Å²) in [5, 5.41) is 8.51. The van der Waals surface area contributed by atoms with Crippen LogP contribution in [0.2, 0.25) is 0 Å². The molecule has 1 saturated carbocycles. The third-order valence-electron chi connectivity index (χ3n) is 2.09. The number of aliphatic hydroxyl groups excluding tert-OH is 1. The zero-order valence-corrected chi connectivity index (χ0v) is 7.13. The van der Waals surface area contributed by atoms with Crippen LogP contribution < -0.4 is 0 Å². The van der Waals surface area contributed by atoms with Gasteiger partial charge in [-0.15, -0.1) is 0 Å². The van der Waals surface area contributed by atoms with Crippen molar-refractivity contribution in [3.8, 4) is 0 Å². The van der Waals surface area contributed by atoms with E-state index in [1.807, 2.05) is 0 Å². The van der Waals surface area contributed by atoms with Crippen LogP contribution in [0.25, 0.3) is 0 Å². The molecule has 0 radical (unpaired) electrons. The summed E-state index contributed by atoms with van der Waals surface area (Å²) in [4.78, 5) is 0. The van der Waals surface area contributed by atoms with E-state index in [1.54, 1.807) is 0 Å². The van der Waals surface area contributed by atoms with Crippen molar-refractivity contribution in [2.24, 2.45) is 0 Å². The molecule has 0 aromatic rings. The molecule has 0 aliphatic heterocycles. The first-order valence-corrected chi connectivity index (χ1v) is 4.28. The number of aliphatic hydroxyl groups is 1. The third kappa shape index (κ3) is 2.57. The highest BCUT2D eigenvalue weighted by Crippen LogP contribution is 2.26. The van der Waals surface area contributed by atoms with Crippen LogP contribution in [-0.2, 0) is 4.74 Å². The fourth-order valence-corrected chi connectivity index (χ4v) is 1.45. The SMILES string of the molecule is C=C1CC(F)CCC1OCCO. The fourth-order valence-electron chi connectivity index (χ4n) is 1.45. The van der Waals surface area contributed by atoms with Crippen molar-refractivity contribution in [2.75, 3.05) is 13.2 Å². The zero-order valence-electron chi connectivity index (χ0n) is 7.13. The van der Waals surface area contributed by atoms with Crippen LogP contribution in [0.4, 0.5) is 4.39 Å². The minimum absolute atomic E-state index is 0.0167. The van der Waals surface area contributed by atoms with Crippen LogP contribution >= 0.6 is 0 Å². The van der Waals surface area contributed by atoms with E-state index in [1.165, 1.54) is 0 Å². The van der Waals surface area contributed by atoms with Gasteiger partial charge in [-0.1, -0.05) is 6.58 Å². The lowest BCUT2D eigenvalue weighted by atomic mass is 9.92. The van der Waals surface area contributed by atoms with E-state index in [9.17, 15) is 4.39 Å². The summed E-state index contributed by atoms with van der Waals surface area (Å²) in [6, 6.07) is 0. The van der Waals surface area contributed by atoms with Gasteiger partial charge in [0, 0.05) is 6.42 Å². The van der Waals surface area contributed by atoms with Crippen molar-refractivity contribution in [3.63, 3.8) is 0 Å². The highest BCUT2D eigenvalue weighted by Gasteiger charge is 2.23. The van der Waals surface area contributed by atoms with Crippen molar-refractivity contribution < 1.29 is 14.2 Å². The maximum absolute atomic E-state index is 12.8. The Morgan fingerprint density at radius 2 is 2.33 bits per heavy atom. The van der Waals surface area contributed by atoms with E-state index in [-0.39, 0.29) is 12.7 Å². The molecule has 0 heterocycles. The minimum atomic E-state index is -0.744. The molecule has 1 N–H and O–H groups in total. The molecule has 2 unspecified atom stereocenters. The lowest BCUT2D eigenvalue weighted by Gasteiger charge is -2.26. The van der Waals surface area contributed by atoms with Crippen LogP contribution in [0, 0.1) is 0 Å². The summed E-state index contributed by atoms with van der Waals surface area (Å²) < 4.78 is 18.0. The Bertz CT molecular complexity index is 157. The quantitative estimate of drug-likeness (QED) is 0.656. The molecule has 1 aliphatic carbocycles. The van der Waals surface area contributed by atoms with Crippen molar-refractivity contribution in [1.82, 2.24) is 0 Å². The monoisotopic (exact) mass is 174 g/mol. The van der Waals surface area contributed by atoms with Crippen LogP contribution in [0.15, 0.2) is 12.2 Å². The lowest BCUT2D eigenvalue weighted by Crippen LogP contribution is -2.25. The predicted molar refractivity (Wildman–Crippen MR) is 44.7 cm³/mol. The average Bonchev–Trinajstić information content (AvgIpc) is 2.03. The maximum atomic E-state index is 12.8. The van der Waals surface area contributed by atoms with E-state index in [0.717, 1.165) is 5.57 Å². The number of ether oxygens (including phenoxy) is 1. The smallest absolute Gasteiger partial charge is 0.104 e. The first-order chi connectivity index (χ1) is 5.74. The molecule has 1 fully saturated rings. The van der Waals surface area contributed by atoms with Gasteiger partial charge in [0.2, 0.25) is 0 Å². The van der Waals surface area contributed by atoms with Crippen molar-refractivity contribution in [1.29, 1.82) is 0 Å². The van der Waals surface area contributed by atoms with Gasteiger partial charge in [0.05, 0.1) is 19.3 Å². The van der Waals surface area contributed by atoms with Gasteiger partial charge in [0.1, 0.15) is 6.17 Å². The number of hydrogen-bond acceptors (Lipinski definition) is 2. The molecule has 12 heavy (non-hydrogen) atoms. The second-order valence-electron chi connectivity index (χ2n) is 3.12.